The molecule has 0 saturated heterocycles. The zero-order chi connectivity index (χ0) is 14.8. The van der Waals surface area contributed by atoms with E-state index in [4.69, 9.17) is 0 Å². The standard InChI is InChI=1S/C20H31N/c1-4-15-6-9-17(10-7-15)20(5-2)21-14(3)19-13-16-8-11-18(19)12-16/h6-7,9-10,14,16,18-21H,4-5,8,11-13H2,1-3H3. The molecule has 2 aliphatic rings. The van der Waals surface area contributed by atoms with E-state index in [9.17, 15) is 0 Å². The monoisotopic (exact) mass is 285 g/mol. The van der Waals surface area contributed by atoms with Gasteiger partial charge in [-0.1, -0.05) is 44.5 Å². The molecule has 5 atom stereocenters. The normalized spacial score (nSPS) is 30.5. The summed E-state index contributed by atoms with van der Waals surface area (Å²) < 4.78 is 0. The molecule has 0 amide bonds. The molecule has 1 heteroatoms. The molecule has 2 aliphatic carbocycles. The van der Waals surface area contributed by atoms with Crippen molar-refractivity contribution in [3.8, 4) is 0 Å². The molecule has 21 heavy (non-hydrogen) atoms. The van der Waals surface area contributed by atoms with Gasteiger partial charge in [0.15, 0.2) is 0 Å². The third-order valence-electron chi connectivity index (χ3n) is 6.10. The molecular weight excluding hydrogens is 254 g/mol. The molecule has 0 spiro atoms. The maximum atomic E-state index is 3.95. The van der Waals surface area contributed by atoms with Crippen LogP contribution in [0.1, 0.15) is 70.0 Å². The molecule has 0 aromatic heterocycles. The highest BCUT2D eigenvalue weighted by atomic mass is 15.0. The first kappa shape index (κ1) is 15.1. The molecule has 0 aliphatic heterocycles. The van der Waals surface area contributed by atoms with Crippen LogP contribution in [0.5, 0.6) is 0 Å². The quantitative estimate of drug-likeness (QED) is 0.765. The van der Waals surface area contributed by atoms with Gasteiger partial charge in [-0.15, -0.1) is 0 Å². The lowest BCUT2D eigenvalue weighted by Crippen LogP contribution is -2.38. The molecular formula is C20H31N. The Morgan fingerprint density at radius 3 is 2.38 bits per heavy atom. The fraction of sp³-hybridized carbons (Fsp3) is 0.700. The van der Waals surface area contributed by atoms with Crippen LogP contribution in [0.4, 0.5) is 0 Å². The van der Waals surface area contributed by atoms with Crippen molar-refractivity contribution < 1.29 is 0 Å². The Morgan fingerprint density at radius 2 is 1.86 bits per heavy atom. The van der Waals surface area contributed by atoms with Crippen molar-refractivity contribution in [2.45, 2.75) is 71.4 Å². The molecule has 0 heterocycles. The lowest BCUT2D eigenvalue weighted by Gasteiger charge is -2.32. The smallest absolute Gasteiger partial charge is 0.0320 e. The fourth-order valence-corrected chi connectivity index (χ4v) is 4.78. The number of nitrogens with one attached hydrogen (secondary N) is 1. The fourth-order valence-electron chi connectivity index (χ4n) is 4.78. The zero-order valence-corrected chi connectivity index (χ0v) is 13.9. The highest BCUT2D eigenvalue weighted by molar-refractivity contribution is 5.25. The molecule has 0 radical (unpaired) electrons. The number of benzene rings is 1. The van der Waals surface area contributed by atoms with Crippen LogP contribution in [0.3, 0.4) is 0 Å². The lowest BCUT2D eigenvalue weighted by atomic mass is 9.83. The topological polar surface area (TPSA) is 12.0 Å². The molecule has 1 aromatic carbocycles. The first-order valence-corrected chi connectivity index (χ1v) is 9.06. The zero-order valence-electron chi connectivity index (χ0n) is 13.9. The number of fused-ring (bicyclic) bond motifs is 2. The van der Waals surface area contributed by atoms with Crippen LogP contribution in [-0.2, 0) is 6.42 Å². The van der Waals surface area contributed by atoms with E-state index in [1.54, 1.807) is 0 Å². The second kappa shape index (κ2) is 6.52. The minimum Gasteiger partial charge on any atom is -0.307 e. The van der Waals surface area contributed by atoms with Crippen molar-refractivity contribution in [1.29, 1.82) is 0 Å². The lowest BCUT2D eigenvalue weighted by molar-refractivity contribution is 0.243. The van der Waals surface area contributed by atoms with Crippen LogP contribution in [0.2, 0.25) is 0 Å². The van der Waals surface area contributed by atoms with Crippen LogP contribution in [0.25, 0.3) is 0 Å². The van der Waals surface area contributed by atoms with E-state index in [-0.39, 0.29) is 0 Å². The second-order valence-corrected chi connectivity index (χ2v) is 7.35. The van der Waals surface area contributed by atoms with Gasteiger partial charge in [0, 0.05) is 12.1 Å². The summed E-state index contributed by atoms with van der Waals surface area (Å²) >= 11 is 0. The van der Waals surface area contributed by atoms with E-state index < -0.39 is 0 Å². The summed E-state index contributed by atoms with van der Waals surface area (Å²) in [5.74, 6) is 2.98. The summed E-state index contributed by atoms with van der Waals surface area (Å²) in [6, 6.07) is 10.4. The predicted octanol–water partition coefficient (Wildman–Crippen LogP) is 5.11. The molecule has 5 unspecified atom stereocenters. The predicted molar refractivity (Wildman–Crippen MR) is 90.4 cm³/mol. The van der Waals surface area contributed by atoms with Crippen molar-refractivity contribution in [3.05, 3.63) is 35.4 Å². The van der Waals surface area contributed by atoms with E-state index >= 15 is 0 Å². The SMILES string of the molecule is CCc1ccc(C(CC)NC(C)C2CC3CCC2C3)cc1. The molecule has 116 valence electrons. The third kappa shape index (κ3) is 3.18. The van der Waals surface area contributed by atoms with Gasteiger partial charge in [0.25, 0.3) is 0 Å². The van der Waals surface area contributed by atoms with E-state index in [0.29, 0.717) is 12.1 Å². The van der Waals surface area contributed by atoms with Crippen molar-refractivity contribution >= 4 is 0 Å². The first-order valence-electron chi connectivity index (χ1n) is 9.06. The van der Waals surface area contributed by atoms with Gasteiger partial charge in [0.05, 0.1) is 0 Å². The molecule has 2 fully saturated rings. The van der Waals surface area contributed by atoms with Crippen LogP contribution >= 0.6 is 0 Å². The Morgan fingerprint density at radius 1 is 1.10 bits per heavy atom. The summed E-state index contributed by atoms with van der Waals surface area (Å²) in [5, 5.41) is 3.95. The Balaban J connectivity index is 1.63. The molecule has 2 saturated carbocycles. The van der Waals surface area contributed by atoms with Crippen molar-refractivity contribution in [1.82, 2.24) is 5.32 Å². The number of rotatable bonds is 6. The summed E-state index contributed by atoms with van der Waals surface area (Å²) in [6.07, 6.45) is 8.29. The van der Waals surface area contributed by atoms with Crippen LogP contribution in [-0.4, -0.2) is 6.04 Å². The number of aryl methyl sites for hydroxylation is 1. The Hall–Kier alpha value is -0.820. The van der Waals surface area contributed by atoms with Gasteiger partial charge < -0.3 is 5.32 Å². The highest BCUT2D eigenvalue weighted by Crippen LogP contribution is 2.49. The minimum absolute atomic E-state index is 0.519. The highest BCUT2D eigenvalue weighted by Gasteiger charge is 2.41. The van der Waals surface area contributed by atoms with Crippen molar-refractivity contribution in [2.75, 3.05) is 0 Å². The average Bonchev–Trinajstić information content (AvgIpc) is 3.15. The Labute approximate surface area is 130 Å². The average molecular weight is 285 g/mol. The van der Waals surface area contributed by atoms with Gasteiger partial charge in [-0.3, -0.25) is 0 Å². The van der Waals surface area contributed by atoms with E-state index in [2.05, 4.69) is 50.4 Å². The molecule has 1 nitrogen and oxygen atoms in total. The summed E-state index contributed by atoms with van der Waals surface area (Å²) in [6.45, 7) is 6.95. The van der Waals surface area contributed by atoms with E-state index in [1.807, 2.05) is 0 Å². The van der Waals surface area contributed by atoms with Crippen molar-refractivity contribution in [3.63, 3.8) is 0 Å². The van der Waals surface area contributed by atoms with Crippen LogP contribution in [0.15, 0.2) is 24.3 Å². The molecule has 2 bridgehead atoms. The number of hydrogen-bond donors (Lipinski definition) is 1. The summed E-state index contributed by atoms with van der Waals surface area (Å²) in [4.78, 5) is 0. The van der Waals surface area contributed by atoms with Gasteiger partial charge in [-0.25, -0.2) is 0 Å². The number of hydrogen-bond acceptors (Lipinski definition) is 1. The molecule has 1 aromatic rings. The maximum absolute atomic E-state index is 3.95. The second-order valence-electron chi connectivity index (χ2n) is 7.35. The van der Waals surface area contributed by atoms with E-state index in [1.165, 1.54) is 43.2 Å². The van der Waals surface area contributed by atoms with Crippen LogP contribution in [0, 0.1) is 17.8 Å². The molecule has 1 N–H and O–H groups in total. The Bertz CT molecular complexity index is 449. The third-order valence-corrected chi connectivity index (χ3v) is 6.10. The van der Waals surface area contributed by atoms with Gasteiger partial charge in [0.2, 0.25) is 0 Å². The van der Waals surface area contributed by atoms with Crippen LogP contribution < -0.4 is 5.32 Å². The van der Waals surface area contributed by atoms with Gasteiger partial charge in [-0.2, -0.15) is 0 Å². The summed E-state index contributed by atoms with van der Waals surface area (Å²) in [7, 11) is 0. The molecule has 3 rings (SSSR count). The van der Waals surface area contributed by atoms with Crippen molar-refractivity contribution in [2.24, 2.45) is 17.8 Å². The first-order chi connectivity index (χ1) is 10.2. The van der Waals surface area contributed by atoms with Gasteiger partial charge in [0.1, 0.15) is 0 Å². The maximum Gasteiger partial charge on any atom is 0.0320 e. The summed E-state index contributed by atoms with van der Waals surface area (Å²) in [5.41, 5.74) is 2.90. The minimum atomic E-state index is 0.519. The van der Waals surface area contributed by atoms with E-state index in [0.717, 1.165) is 24.2 Å². The van der Waals surface area contributed by atoms with Gasteiger partial charge >= 0.3 is 0 Å². The Kier molecular flexibility index (Phi) is 4.69. The van der Waals surface area contributed by atoms with Gasteiger partial charge in [-0.05, 0) is 67.9 Å². The largest absolute Gasteiger partial charge is 0.307 e.